The molecular weight excluding hydrogens is 484 g/mol. The topological polar surface area (TPSA) is 104 Å². The number of aromatic nitrogens is 1. The van der Waals surface area contributed by atoms with Crippen LogP contribution in [0.1, 0.15) is 50.0 Å². The number of aliphatic hydroxyl groups is 1. The molecule has 3 atom stereocenters. The molecule has 1 aromatic heterocycles. The molecule has 1 aliphatic heterocycles. The SMILES string of the molecule is COc1ccccc1NC(=O)N(C)C[C@H]1Oc2ncc(C#CCC(C)C)cc2C(=O)N([C@H](C)CO)C[C@H]1C. The Morgan fingerprint density at radius 1 is 1.34 bits per heavy atom. The number of anilines is 1. The van der Waals surface area contributed by atoms with Crippen LogP contribution in [0.3, 0.4) is 0 Å². The minimum atomic E-state index is -0.464. The summed E-state index contributed by atoms with van der Waals surface area (Å²) >= 11 is 0. The lowest BCUT2D eigenvalue weighted by molar-refractivity contribution is 0.0356. The summed E-state index contributed by atoms with van der Waals surface area (Å²) in [4.78, 5) is 34.1. The van der Waals surface area contributed by atoms with Crippen LogP contribution in [0, 0.1) is 23.7 Å². The van der Waals surface area contributed by atoms with Crippen LogP contribution in [0.4, 0.5) is 10.5 Å². The summed E-state index contributed by atoms with van der Waals surface area (Å²) in [6, 6.07) is 8.14. The van der Waals surface area contributed by atoms with Crippen molar-refractivity contribution >= 4 is 17.6 Å². The monoisotopic (exact) mass is 522 g/mol. The van der Waals surface area contributed by atoms with E-state index in [9.17, 15) is 14.7 Å². The van der Waals surface area contributed by atoms with Gasteiger partial charge in [0.05, 0.1) is 32.0 Å². The highest BCUT2D eigenvalue weighted by Crippen LogP contribution is 2.28. The van der Waals surface area contributed by atoms with Crippen molar-refractivity contribution in [1.29, 1.82) is 0 Å². The van der Waals surface area contributed by atoms with Crippen molar-refractivity contribution in [1.82, 2.24) is 14.8 Å². The minimum absolute atomic E-state index is 0.157. The average molecular weight is 523 g/mol. The number of likely N-dealkylation sites (N-methyl/N-ethyl adjacent to an activating group) is 1. The first kappa shape index (κ1) is 28.8. The van der Waals surface area contributed by atoms with E-state index in [1.807, 2.05) is 19.1 Å². The summed E-state index contributed by atoms with van der Waals surface area (Å²) in [5.41, 5.74) is 1.47. The number of urea groups is 1. The number of para-hydroxylation sites is 2. The van der Waals surface area contributed by atoms with Gasteiger partial charge in [-0.15, -0.1) is 0 Å². The molecule has 2 aromatic rings. The van der Waals surface area contributed by atoms with Gasteiger partial charge in [-0.1, -0.05) is 44.7 Å². The Balaban J connectivity index is 1.87. The molecule has 204 valence electrons. The fourth-order valence-electron chi connectivity index (χ4n) is 4.06. The number of aliphatic hydroxyl groups excluding tert-OH is 1. The van der Waals surface area contributed by atoms with Crippen LogP contribution < -0.4 is 14.8 Å². The number of nitrogens with one attached hydrogen (secondary N) is 1. The number of pyridine rings is 1. The molecule has 1 aliphatic rings. The molecule has 0 radical (unpaired) electrons. The lowest BCUT2D eigenvalue weighted by Crippen LogP contribution is -2.50. The number of methoxy groups -OCH3 is 1. The number of hydrogen-bond acceptors (Lipinski definition) is 6. The number of carbonyl (C=O) groups excluding carboxylic acids is 2. The van der Waals surface area contributed by atoms with E-state index in [-0.39, 0.29) is 36.9 Å². The van der Waals surface area contributed by atoms with Crippen LogP contribution in [0.5, 0.6) is 11.6 Å². The highest BCUT2D eigenvalue weighted by Gasteiger charge is 2.34. The quantitative estimate of drug-likeness (QED) is 0.535. The van der Waals surface area contributed by atoms with Crippen LogP contribution in [0.15, 0.2) is 36.5 Å². The van der Waals surface area contributed by atoms with E-state index in [4.69, 9.17) is 9.47 Å². The second kappa shape index (κ2) is 13.2. The number of amides is 3. The van der Waals surface area contributed by atoms with E-state index >= 15 is 0 Å². The summed E-state index contributed by atoms with van der Waals surface area (Å²) in [5.74, 6) is 6.96. The zero-order valence-electron chi connectivity index (χ0n) is 23.0. The van der Waals surface area contributed by atoms with Crippen molar-refractivity contribution in [3.05, 3.63) is 47.7 Å². The average Bonchev–Trinajstić information content (AvgIpc) is 2.90. The first-order valence-corrected chi connectivity index (χ1v) is 12.9. The van der Waals surface area contributed by atoms with Crippen LogP contribution in [0.25, 0.3) is 0 Å². The number of ether oxygens (including phenoxy) is 2. The van der Waals surface area contributed by atoms with Crippen molar-refractivity contribution in [2.75, 3.05) is 39.2 Å². The van der Waals surface area contributed by atoms with Crippen molar-refractivity contribution in [3.63, 3.8) is 0 Å². The maximum atomic E-state index is 13.5. The maximum Gasteiger partial charge on any atom is 0.321 e. The highest BCUT2D eigenvalue weighted by atomic mass is 16.5. The second-order valence-electron chi connectivity index (χ2n) is 10.1. The third-order valence-electron chi connectivity index (χ3n) is 6.41. The first-order valence-electron chi connectivity index (χ1n) is 12.9. The van der Waals surface area contributed by atoms with Crippen LogP contribution >= 0.6 is 0 Å². The van der Waals surface area contributed by atoms with E-state index in [0.29, 0.717) is 35.0 Å². The fourth-order valence-corrected chi connectivity index (χ4v) is 4.06. The molecule has 9 nitrogen and oxygen atoms in total. The number of nitrogens with zero attached hydrogens (tertiary/aromatic N) is 3. The number of fused-ring (bicyclic) bond motifs is 1. The third-order valence-corrected chi connectivity index (χ3v) is 6.41. The van der Waals surface area contributed by atoms with Crippen molar-refractivity contribution in [2.24, 2.45) is 11.8 Å². The number of hydrogen-bond donors (Lipinski definition) is 2. The molecule has 2 N–H and O–H groups in total. The minimum Gasteiger partial charge on any atom is -0.495 e. The first-order chi connectivity index (χ1) is 18.1. The fraction of sp³-hybridized carbons (Fsp3) is 0.483. The zero-order chi connectivity index (χ0) is 27.8. The lowest BCUT2D eigenvalue weighted by atomic mass is 10.00. The molecule has 9 heteroatoms. The van der Waals surface area contributed by atoms with Crippen molar-refractivity contribution in [2.45, 2.75) is 46.3 Å². The summed E-state index contributed by atoms with van der Waals surface area (Å²) in [6.45, 7) is 8.35. The molecule has 3 amide bonds. The summed E-state index contributed by atoms with van der Waals surface area (Å²) in [6.07, 6.45) is 1.87. The molecule has 38 heavy (non-hydrogen) atoms. The van der Waals surface area contributed by atoms with Gasteiger partial charge in [0.15, 0.2) is 0 Å². The smallest absolute Gasteiger partial charge is 0.321 e. The second-order valence-corrected chi connectivity index (χ2v) is 10.1. The molecule has 0 bridgehead atoms. The molecule has 0 fully saturated rings. The van der Waals surface area contributed by atoms with Crippen molar-refractivity contribution < 1.29 is 24.2 Å². The predicted molar refractivity (Wildman–Crippen MR) is 146 cm³/mol. The number of carbonyl (C=O) groups is 2. The van der Waals surface area contributed by atoms with E-state index in [1.165, 1.54) is 4.90 Å². The molecule has 0 spiro atoms. The largest absolute Gasteiger partial charge is 0.495 e. The Morgan fingerprint density at radius 2 is 2.08 bits per heavy atom. The summed E-state index contributed by atoms with van der Waals surface area (Å²) in [7, 11) is 3.23. The Kier molecular flexibility index (Phi) is 9.97. The number of benzene rings is 1. The van der Waals surface area contributed by atoms with Gasteiger partial charge in [-0.05, 0) is 31.0 Å². The maximum absolute atomic E-state index is 13.5. The molecule has 0 unspecified atom stereocenters. The molecule has 0 saturated heterocycles. The predicted octanol–water partition coefficient (Wildman–Crippen LogP) is 3.87. The van der Waals surface area contributed by atoms with Crippen LogP contribution in [-0.4, -0.2) is 77.8 Å². The normalized spacial score (nSPS) is 17.8. The third kappa shape index (κ3) is 7.17. The van der Waals surface area contributed by atoms with Gasteiger partial charge in [0.1, 0.15) is 17.4 Å². The summed E-state index contributed by atoms with van der Waals surface area (Å²) in [5, 5.41) is 12.7. The van der Waals surface area contributed by atoms with Gasteiger partial charge in [-0.25, -0.2) is 9.78 Å². The molecule has 0 aliphatic carbocycles. The molecule has 0 saturated carbocycles. The number of rotatable bonds is 7. The molecule has 2 heterocycles. The zero-order valence-corrected chi connectivity index (χ0v) is 23.0. The van der Waals surface area contributed by atoms with Gasteiger partial charge in [-0.2, -0.15) is 0 Å². The Bertz CT molecular complexity index is 1190. The molecular formula is C29H38N4O5. The standard InChI is InChI=1S/C29H38N4O5/c1-19(2)10-9-11-22-14-23-27(30-15-22)38-26(20(3)16-33(28(23)35)21(4)18-34)17-32(5)29(36)31-24-12-7-8-13-25(24)37-6/h7-8,12-15,19-21,26,34H,10,16-18H2,1-6H3,(H,31,36)/t20-,21-,26-/m1/s1. The van der Waals surface area contributed by atoms with E-state index < -0.39 is 12.1 Å². The van der Waals surface area contributed by atoms with E-state index in [2.05, 4.69) is 36.0 Å². The van der Waals surface area contributed by atoms with Crippen LogP contribution in [-0.2, 0) is 0 Å². The van der Waals surface area contributed by atoms with Gasteiger partial charge >= 0.3 is 6.03 Å². The van der Waals surface area contributed by atoms with Crippen molar-refractivity contribution in [3.8, 4) is 23.5 Å². The lowest BCUT2D eigenvalue weighted by Gasteiger charge is -2.37. The molecule has 3 rings (SSSR count). The highest BCUT2D eigenvalue weighted by molar-refractivity contribution is 5.97. The van der Waals surface area contributed by atoms with E-state index in [0.717, 1.165) is 6.42 Å². The van der Waals surface area contributed by atoms with E-state index in [1.54, 1.807) is 50.4 Å². The van der Waals surface area contributed by atoms with Gasteiger partial charge in [0.25, 0.3) is 5.91 Å². The van der Waals surface area contributed by atoms with Crippen LogP contribution in [0.2, 0.25) is 0 Å². The Labute approximate surface area is 225 Å². The summed E-state index contributed by atoms with van der Waals surface area (Å²) < 4.78 is 11.6. The Hall–Kier alpha value is -3.77. The van der Waals surface area contributed by atoms with Gasteiger partial charge in [-0.3, -0.25) is 4.79 Å². The van der Waals surface area contributed by atoms with Gasteiger partial charge < -0.3 is 29.7 Å². The Morgan fingerprint density at radius 3 is 2.76 bits per heavy atom. The van der Waals surface area contributed by atoms with Gasteiger partial charge in [0, 0.05) is 37.7 Å². The molecule has 1 aromatic carbocycles. The van der Waals surface area contributed by atoms with Gasteiger partial charge in [0.2, 0.25) is 5.88 Å².